The van der Waals surface area contributed by atoms with Gasteiger partial charge in [-0.05, 0) is 42.7 Å². The number of para-hydroxylation sites is 1. The average Bonchev–Trinajstić information content (AvgIpc) is 3.00. The van der Waals surface area contributed by atoms with E-state index in [9.17, 15) is 9.59 Å². The Morgan fingerprint density at radius 1 is 1.17 bits per heavy atom. The molecule has 5 heteroatoms. The third kappa shape index (κ3) is 3.60. The van der Waals surface area contributed by atoms with Crippen LogP contribution in [0.15, 0.2) is 48.5 Å². The van der Waals surface area contributed by atoms with Crippen LogP contribution in [-0.2, 0) is 22.4 Å². The molecule has 1 heterocycles. The van der Waals surface area contributed by atoms with Gasteiger partial charge in [0.1, 0.15) is 6.04 Å². The highest BCUT2D eigenvalue weighted by atomic mass is 35.5. The van der Waals surface area contributed by atoms with Crippen molar-refractivity contribution in [3.63, 3.8) is 0 Å². The lowest BCUT2D eigenvalue weighted by Gasteiger charge is -2.22. The van der Waals surface area contributed by atoms with Crippen molar-refractivity contribution >= 4 is 29.1 Å². The van der Waals surface area contributed by atoms with Crippen molar-refractivity contribution in [2.75, 3.05) is 11.4 Å². The highest BCUT2D eigenvalue weighted by Gasteiger charge is 2.28. The molecule has 2 aromatic rings. The molecule has 0 saturated heterocycles. The average molecular weight is 343 g/mol. The number of nitrogens with one attached hydrogen (secondary N) is 1. The highest BCUT2D eigenvalue weighted by molar-refractivity contribution is 6.30. The van der Waals surface area contributed by atoms with E-state index in [1.807, 2.05) is 36.4 Å². The van der Waals surface area contributed by atoms with Gasteiger partial charge in [0.15, 0.2) is 0 Å². The Hall–Kier alpha value is -2.33. The summed E-state index contributed by atoms with van der Waals surface area (Å²) in [6.45, 7) is 2.39. The summed E-state index contributed by atoms with van der Waals surface area (Å²) in [6, 6.07) is 14.4. The van der Waals surface area contributed by atoms with Gasteiger partial charge >= 0.3 is 0 Å². The fraction of sp³-hybridized carbons (Fsp3) is 0.263. The maximum Gasteiger partial charge on any atom is 0.249 e. The number of hydrogen-bond donors (Lipinski definition) is 1. The predicted molar refractivity (Wildman–Crippen MR) is 95.3 cm³/mol. The molecule has 0 radical (unpaired) electrons. The number of rotatable bonds is 4. The van der Waals surface area contributed by atoms with Crippen LogP contribution in [0, 0.1) is 0 Å². The molecule has 0 fully saturated rings. The molecular formula is C19H19ClN2O2. The quantitative estimate of drug-likeness (QED) is 0.928. The number of hydrogen-bond acceptors (Lipinski definition) is 2. The highest BCUT2D eigenvalue weighted by Crippen LogP contribution is 2.27. The van der Waals surface area contributed by atoms with Gasteiger partial charge in [0.25, 0.3) is 0 Å². The lowest BCUT2D eigenvalue weighted by Crippen LogP contribution is -2.47. The molecule has 0 bridgehead atoms. The SMILES string of the molecule is C[C@H](NC(=O)Cc1ccc(Cl)cc1)C(=O)N1CCc2ccccc21. The van der Waals surface area contributed by atoms with Crippen LogP contribution in [0.5, 0.6) is 0 Å². The normalized spacial score (nSPS) is 14.2. The number of fused-ring (bicyclic) bond motifs is 1. The zero-order valence-electron chi connectivity index (χ0n) is 13.5. The van der Waals surface area contributed by atoms with Crippen molar-refractivity contribution in [3.8, 4) is 0 Å². The Labute approximate surface area is 146 Å². The number of amides is 2. The lowest BCUT2D eigenvalue weighted by molar-refractivity contribution is -0.126. The first kappa shape index (κ1) is 16.5. The van der Waals surface area contributed by atoms with E-state index >= 15 is 0 Å². The zero-order chi connectivity index (χ0) is 17.1. The van der Waals surface area contributed by atoms with Crippen LogP contribution in [0.1, 0.15) is 18.1 Å². The number of carbonyl (C=O) groups excluding carboxylic acids is 2. The van der Waals surface area contributed by atoms with E-state index in [-0.39, 0.29) is 18.2 Å². The fourth-order valence-electron chi connectivity index (χ4n) is 2.94. The first-order chi connectivity index (χ1) is 11.5. The molecule has 1 atom stereocenters. The summed E-state index contributed by atoms with van der Waals surface area (Å²) < 4.78 is 0. The molecule has 4 nitrogen and oxygen atoms in total. The van der Waals surface area contributed by atoms with E-state index in [0.717, 1.165) is 17.7 Å². The van der Waals surface area contributed by atoms with Crippen molar-refractivity contribution in [1.82, 2.24) is 5.32 Å². The van der Waals surface area contributed by atoms with Gasteiger partial charge in [0.2, 0.25) is 11.8 Å². The maximum atomic E-state index is 12.6. The second kappa shape index (κ2) is 7.05. The van der Waals surface area contributed by atoms with E-state index < -0.39 is 6.04 Å². The third-order valence-corrected chi connectivity index (χ3v) is 4.43. The summed E-state index contributed by atoms with van der Waals surface area (Å²) in [4.78, 5) is 26.5. The first-order valence-electron chi connectivity index (χ1n) is 7.97. The minimum Gasteiger partial charge on any atom is -0.344 e. The first-order valence-corrected chi connectivity index (χ1v) is 8.35. The summed E-state index contributed by atoms with van der Waals surface area (Å²) in [5.41, 5.74) is 2.98. The molecule has 0 aliphatic carbocycles. The topological polar surface area (TPSA) is 49.4 Å². The minimum atomic E-state index is -0.559. The molecule has 24 heavy (non-hydrogen) atoms. The van der Waals surface area contributed by atoms with Gasteiger partial charge in [0, 0.05) is 17.3 Å². The van der Waals surface area contributed by atoms with Gasteiger partial charge in [-0.1, -0.05) is 41.9 Å². The number of carbonyl (C=O) groups is 2. The smallest absolute Gasteiger partial charge is 0.249 e. The third-order valence-electron chi connectivity index (χ3n) is 4.18. The van der Waals surface area contributed by atoms with Crippen molar-refractivity contribution in [2.24, 2.45) is 0 Å². The molecule has 2 aromatic carbocycles. The van der Waals surface area contributed by atoms with Crippen LogP contribution in [0.2, 0.25) is 5.02 Å². The summed E-state index contributed by atoms with van der Waals surface area (Å²) in [7, 11) is 0. The lowest BCUT2D eigenvalue weighted by atomic mass is 10.1. The summed E-state index contributed by atoms with van der Waals surface area (Å²) in [5.74, 6) is -0.255. The summed E-state index contributed by atoms with van der Waals surface area (Å²) in [6.07, 6.45) is 1.08. The van der Waals surface area contributed by atoms with E-state index in [0.29, 0.717) is 11.6 Å². The summed E-state index contributed by atoms with van der Waals surface area (Å²) >= 11 is 5.84. The van der Waals surface area contributed by atoms with E-state index in [1.54, 1.807) is 24.0 Å². The van der Waals surface area contributed by atoms with Crippen molar-refractivity contribution in [3.05, 3.63) is 64.7 Å². The van der Waals surface area contributed by atoms with Crippen molar-refractivity contribution < 1.29 is 9.59 Å². The molecular weight excluding hydrogens is 324 g/mol. The van der Waals surface area contributed by atoms with Crippen LogP contribution in [0.25, 0.3) is 0 Å². The monoisotopic (exact) mass is 342 g/mol. The molecule has 2 amide bonds. The Kier molecular flexibility index (Phi) is 4.86. The van der Waals surface area contributed by atoms with Crippen molar-refractivity contribution in [1.29, 1.82) is 0 Å². The molecule has 0 saturated carbocycles. The van der Waals surface area contributed by atoms with Crippen LogP contribution in [-0.4, -0.2) is 24.4 Å². The van der Waals surface area contributed by atoms with Gasteiger partial charge in [-0.25, -0.2) is 0 Å². The largest absolute Gasteiger partial charge is 0.344 e. The molecule has 1 aliphatic heterocycles. The Bertz CT molecular complexity index is 758. The standard InChI is InChI=1S/C19H19ClN2O2/c1-13(21-18(23)12-14-6-8-16(20)9-7-14)19(24)22-11-10-15-4-2-3-5-17(15)22/h2-9,13H,10-12H2,1H3,(H,21,23)/t13-/m0/s1. The molecule has 3 rings (SSSR count). The number of anilines is 1. The molecule has 124 valence electrons. The van der Waals surface area contributed by atoms with Crippen LogP contribution in [0.3, 0.4) is 0 Å². The van der Waals surface area contributed by atoms with Crippen LogP contribution < -0.4 is 10.2 Å². The zero-order valence-corrected chi connectivity index (χ0v) is 14.2. The van der Waals surface area contributed by atoms with E-state index in [1.165, 1.54) is 5.56 Å². The number of benzene rings is 2. The fourth-order valence-corrected chi connectivity index (χ4v) is 3.07. The maximum absolute atomic E-state index is 12.6. The van der Waals surface area contributed by atoms with Gasteiger partial charge < -0.3 is 10.2 Å². The Morgan fingerprint density at radius 2 is 1.88 bits per heavy atom. The van der Waals surface area contributed by atoms with Crippen LogP contribution in [0.4, 0.5) is 5.69 Å². The van der Waals surface area contributed by atoms with Gasteiger partial charge in [-0.3, -0.25) is 9.59 Å². The predicted octanol–water partition coefficient (Wildman–Crippen LogP) is 2.98. The minimum absolute atomic E-state index is 0.0793. The Balaban J connectivity index is 1.60. The van der Waals surface area contributed by atoms with Crippen molar-refractivity contribution in [2.45, 2.75) is 25.8 Å². The molecule has 0 aromatic heterocycles. The van der Waals surface area contributed by atoms with Gasteiger partial charge in [-0.2, -0.15) is 0 Å². The number of nitrogens with zero attached hydrogens (tertiary/aromatic N) is 1. The second-order valence-corrected chi connectivity index (χ2v) is 6.40. The van der Waals surface area contributed by atoms with E-state index in [4.69, 9.17) is 11.6 Å². The number of halogens is 1. The van der Waals surface area contributed by atoms with E-state index in [2.05, 4.69) is 5.32 Å². The summed E-state index contributed by atoms with van der Waals surface area (Å²) in [5, 5.41) is 3.42. The molecule has 1 aliphatic rings. The Morgan fingerprint density at radius 3 is 2.62 bits per heavy atom. The van der Waals surface area contributed by atoms with Gasteiger partial charge in [-0.15, -0.1) is 0 Å². The molecule has 1 N–H and O–H groups in total. The van der Waals surface area contributed by atoms with Crippen LogP contribution >= 0.6 is 11.6 Å². The molecule has 0 unspecified atom stereocenters. The second-order valence-electron chi connectivity index (χ2n) is 5.96. The molecule has 0 spiro atoms. The van der Waals surface area contributed by atoms with Gasteiger partial charge in [0.05, 0.1) is 6.42 Å².